The Hall–Kier alpha value is -1.11. The number of nitrogens with one attached hydrogen (secondary N) is 1. The van der Waals surface area contributed by atoms with Crippen LogP contribution in [-0.2, 0) is 16.6 Å². The third-order valence-corrected chi connectivity index (χ3v) is 5.48. The predicted octanol–water partition coefficient (Wildman–Crippen LogP) is 1.02. The molecule has 1 N–H and O–H groups in total. The van der Waals surface area contributed by atoms with E-state index in [1.54, 1.807) is 4.31 Å². The van der Waals surface area contributed by atoms with E-state index in [9.17, 15) is 8.42 Å². The van der Waals surface area contributed by atoms with E-state index in [0.717, 1.165) is 25.7 Å². The topological polar surface area (TPSA) is 52.7 Å². The van der Waals surface area contributed by atoms with E-state index in [4.69, 9.17) is 0 Å². The molecular formula is C15H23N3O2S. The first kappa shape index (κ1) is 14.8. The molecule has 5 nitrogen and oxygen atoms in total. The number of hydrogen-bond donors (Lipinski definition) is 1. The standard InChI is InChI=1S/C15H23N3O2S/c1-21(19,20)18-10-8-17(9-11-18)15-6-2-13(3-7-15)12-16-14-4-5-14/h2-3,6-7,14,16H,4-5,8-12H2,1H3. The summed E-state index contributed by atoms with van der Waals surface area (Å²) in [6.07, 6.45) is 3.90. The van der Waals surface area contributed by atoms with Crippen LogP contribution >= 0.6 is 0 Å². The summed E-state index contributed by atoms with van der Waals surface area (Å²) in [4.78, 5) is 2.25. The maximum absolute atomic E-state index is 11.5. The molecule has 21 heavy (non-hydrogen) atoms. The van der Waals surface area contributed by atoms with Gasteiger partial charge in [0.2, 0.25) is 10.0 Å². The zero-order valence-electron chi connectivity index (χ0n) is 12.5. The van der Waals surface area contributed by atoms with E-state index in [1.165, 1.54) is 30.3 Å². The molecule has 3 rings (SSSR count). The molecule has 0 spiro atoms. The Balaban J connectivity index is 1.55. The minimum atomic E-state index is -3.05. The van der Waals surface area contributed by atoms with Gasteiger partial charge in [-0.05, 0) is 30.5 Å². The van der Waals surface area contributed by atoms with Crippen LogP contribution in [0.15, 0.2) is 24.3 Å². The maximum atomic E-state index is 11.5. The maximum Gasteiger partial charge on any atom is 0.211 e. The van der Waals surface area contributed by atoms with E-state index >= 15 is 0 Å². The van der Waals surface area contributed by atoms with E-state index in [2.05, 4.69) is 34.5 Å². The van der Waals surface area contributed by atoms with Crippen LogP contribution in [0.3, 0.4) is 0 Å². The van der Waals surface area contributed by atoms with E-state index in [-0.39, 0.29) is 0 Å². The Morgan fingerprint density at radius 1 is 1.10 bits per heavy atom. The lowest BCUT2D eigenvalue weighted by atomic mass is 10.2. The van der Waals surface area contributed by atoms with Crippen LogP contribution in [0.1, 0.15) is 18.4 Å². The Morgan fingerprint density at radius 2 is 1.71 bits per heavy atom. The minimum Gasteiger partial charge on any atom is -0.369 e. The summed E-state index contributed by atoms with van der Waals surface area (Å²) in [7, 11) is -3.05. The average Bonchev–Trinajstić information content (AvgIpc) is 3.29. The van der Waals surface area contributed by atoms with Gasteiger partial charge in [0, 0.05) is 44.5 Å². The van der Waals surface area contributed by atoms with Crippen LogP contribution in [0.2, 0.25) is 0 Å². The molecule has 116 valence electrons. The SMILES string of the molecule is CS(=O)(=O)N1CCN(c2ccc(CNC3CC3)cc2)CC1. The van der Waals surface area contributed by atoms with Crippen molar-refractivity contribution < 1.29 is 8.42 Å². The van der Waals surface area contributed by atoms with Crippen molar-refractivity contribution in [2.75, 3.05) is 37.3 Å². The van der Waals surface area contributed by atoms with Crippen LogP contribution in [0.5, 0.6) is 0 Å². The van der Waals surface area contributed by atoms with Gasteiger partial charge in [-0.1, -0.05) is 12.1 Å². The quantitative estimate of drug-likeness (QED) is 0.882. The highest BCUT2D eigenvalue weighted by Gasteiger charge is 2.23. The van der Waals surface area contributed by atoms with Crippen molar-refractivity contribution >= 4 is 15.7 Å². The first-order valence-corrected chi connectivity index (χ1v) is 9.39. The number of piperazine rings is 1. The largest absolute Gasteiger partial charge is 0.369 e. The van der Waals surface area contributed by atoms with Crippen molar-refractivity contribution in [3.8, 4) is 0 Å². The van der Waals surface area contributed by atoms with Crippen molar-refractivity contribution in [3.63, 3.8) is 0 Å². The van der Waals surface area contributed by atoms with Gasteiger partial charge in [-0.15, -0.1) is 0 Å². The van der Waals surface area contributed by atoms with Gasteiger partial charge < -0.3 is 10.2 Å². The Bertz CT molecular complexity index is 573. The van der Waals surface area contributed by atoms with Gasteiger partial charge in [0.05, 0.1) is 6.26 Å². The highest BCUT2D eigenvalue weighted by Crippen LogP contribution is 2.21. The molecule has 0 radical (unpaired) electrons. The van der Waals surface area contributed by atoms with Gasteiger partial charge in [-0.2, -0.15) is 4.31 Å². The summed E-state index contributed by atoms with van der Waals surface area (Å²) in [5.41, 5.74) is 2.48. The highest BCUT2D eigenvalue weighted by molar-refractivity contribution is 7.88. The third kappa shape index (κ3) is 3.96. The molecule has 0 bridgehead atoms. The summed E-state index contributed by atoms with van der Waals surface area (Å²) in [6.45, 7) is 3.60. The van der Waals surface area contributed by atoms with Gasteiger partial charge in [-0.3, -0.25) is 0 Å². The van der Waals surface area contributed by atoms with Gasteiger partial charge in [-0.25, -0.2) is 8.42 Å². The number of nitrogens with zero attached hydrogens (tertiary/aromatic N) is 2. The molecule has 1 aliphatic carbocycles. The van der Waals surface area contributed by atoms with Crippen molar-refractivity contribution in [2.45, 2.75) is 25.4 Å². The monoisotopic (exact) mass is 309 g/mol. The van der Waals surface area contributed by atoms with E-state index in [0.29, 0.717) is 13.1 Å². The fourth-order valence-corrected chi connectivity index (χ4v) is 3.48. The number of sulfonamides is 1. The lowest BCUT2D eigenvalue weighted by Crippen LogP contribution is -2.48. The van der Waals surface area contributed by atoms with E-state index in [1.807, 2.05) is 0 Å². The molecule has 1 saturated carbocycles. The Morgan fingerprint density at radius 3 is 2.24 bits per heavy atom. The van der Waals surface area contributed by atoms with Crippen molar-refractivity contribution in [1.29, 1.82) is 0 Å². The summed E-state index contributed by atoms with van der Waals surface area (Å²) in [5.74, 6) is 0. The predicted molar refractivity (Wildman–Crippen MR) is 84.9 cm³/mol. The molecule has 1 aromatic rings. The summed E-state index contributed by atoms with van der Waals surface area (Å²) in [5, 5.41) is 3.51. The summed E-state index contributed by atoms with van der Waals surface area (Å²) in [6, 6.07) is 9.33. The van der Waals surface area contributed by atoms with Crippen molar-refractivity contribution in [3.05, 3.63) is 29.8 Å². The smallest absolute Gasteiger partial charge is 0.211 e. The molecular weight excluding hydrogens is 286 g/mol. The molecule has 2 fully saturated rings. The Kier molecular flexibility index (Phi) is 4.19. The van der Waals surface area contributed by atoms with Crippen LogP contribution in [0, 0.1) is 0 Å². The van der Waals surface area contributed by atoms with Gasteiger partial charge in [0.1, 0.15) is 0 Å². The molecule has 0 unspecified atom stereocenters. The molecule has 1 heterocycles. The van der Waals surface area contributed by atoms with E-state index < -0.39 is 10.0 Å². The molecule has 0 amide bonds. The number of rotatable bonds is 5. The molecule has 6 heteroatoms. The minimum absolute atomic E-state index is 0.573. The highest BCUT2D eigenvalue weighted by atomic mass is 32.2. The third-order valence-electron chi connectivity index (χ3n) is 4.18. The second kappa shape index (κ2) is 5.94. The van der Waals surface area contributed by atoms with Gasteiger partial charge in [0.15, 0.2) is 0 Å². The van der Waals surface area contributed by atoms with Crippen LogP contribution in [0.25, 0.3) is 0 Å². The molecule has 1 aliphatic heterocycles. The van der Waals surface area contributed by atoms with Crippen LogP contribution < -0.4 is 10.2 Å². The fourth-order valence-electron chi connectivity index (χ4n) is 2.65. The lowest BCUT2D eigenvalue weighted by Gasteiger charge is -2.34. The van der Waals surface area contributed by atoms with Gasteiger partial charge >= 0.3 is 0 Å². The Labute approximate surface area is 127 Å². The molecule has 2 aliphatic rings. The first-order valence-electron chi connectivity index (χ1n) is 7.55. The van der Waals surface area contributed by atoms with Crippen LogP contribution in [-0.4, -0.2) is 51.2 Å². The van der Waals surface area contributed by atoms with Crippen molar-refractivity contribution in [1.82, 2.24) is 9.62 Å². The fraction of sp³-hybridized carbons (Fsp3) is 0.600. The zero-order chi connectivity index (χ0) is 14.9. The van der Waals surface area contributed by atoms with Crippen molar-refractivity contribution in [2.24, 2.45) is 0 Å². The summed E-state index contributed by atoms with van der Waals surface area (Å²) < 4.78 is 24.6. The molecule has 0 aromatic heterocycles. The normalized spacial score (nSPS) is 20.7. The first-order chi connectivity index (χ1) is 10.0. The second-order valence-electron chi connectivity index (χ2n) is 5.97. The number of anilines is 1. The van der Waals surface area contributed by atoms with Crippen LogP contribution in [0.4, 0.5) is 5.69 Å². The summed E-state index contributed by atoms with van der Waals surface area (Å²) >= 11 is 0. The molecule has 1 saturated heterocycles. The average molecular weight is 309 g/mol. The number of hydrogen-bond acceptors (Lipinski definition) is 4. The number of benzene rings is 1. The lowest BCUT2D eigenvalue weighted by molar-refractivity contribution is 0.388. The van der Waals surface area contributed by atoms with Gasteiger partial charge in [0.25, 0.3) is 0 Å². The molecule has 1 aromatic carbocycles. The molecule has 0 atom stereocenters. The second-order valence-corrected chi connectivity index (χ2v) is 7.95. The zero-order valence-corrected chi connectivity index (χ0v) is 13.3.